The average Bonchev–Trinajstić information content (AvgIpc) is 2.99. The molecule has 5 aromatic rings. The van der Waals surface area contributed by atoms with Gasteiger partial charge in [0.2, 0.25) is 5.91 Å². The predicted molar refractivity (Wildman–Crippen MR) is 158 cm³/mol. The quantitative estimate of drug-likeness (QED) is 0.218. The topological polar surface area (TPSA) is 82.9 Å². The molecule has 0 radical (unpaired) electrons. The fourth-order valence-corrected chi connectivity index (χ4v) is 4.64. The van der Waals surface area contributed by atoms with E-state index in [1.807, 2.05) is 36.4 Å². The smallest absolute Gasteiger partial charge is 0.322 e. The van der Waals surface area contributed by atoms with E-state index in [9.17, 15) is 18.8 Å². The maximum absolute atomic E-state index is 13.7. The van der Waals surface area contributed by atoms with E-state index in [2.05, 4.69) is 11.9 Å². The summed E-state index contributed by atoms with van der Waals surface area (Å²) in [5, 5.41) is 5.15. The van der Waals surface area contributed by atoms with Crippen LogP contribution in [0.4, 0.5) is 14.9 Å². The molecule has 0 atom stereocenters. The number of para-hydroxylation sites is 1. The van der Waals surface area contributed by atoms with Gasteiger partial charge in [0.05, 0.1) is 29.4 Å². The van der Waals surface area contributed by atoms with E-state index < -0.39 is 17.8 Å². The van der Waals surface area contributed by atoms with Gasteiger partial charge in [0.1, 0.15) is 17.9 Å². The fraction of sp³-hybridized carbons (Fsp3) is 0.121. The van der Waals surface area contributed by atoms with Crippen LogP contribution in [0.25, 0.3) is 21.7 Å². The largest absolute Gasteiger partial charge is 0.464 e. The van der Waals surface area contributed by atoms with Gasteiger partial charge in [0.15, 0.2) is 5.43 Å². The minimum Gasteiger partial charge on any atom is -0.464 e. The number of nitrogens with zero attached hydrogens (tertiary/aromatic N) is 2. The third kappa shape index (κ3) is 6.33. The Morgan fingerprint density at radius 3 is 2.34 bits per heavy atom. The van der Waals surface area contributed by atoms with E-state index in [-0.39, 0.29) is 37.2 Å². The molecule has 0 saturated heterocycles. The second-order valence-electron chi connectivity index (χ2n) is 9.59. The Bertz CT molecular complexity index is 1780. The molecule has 1 aromatic heterocycles. The number of hydrogen-bond acceptors (Lipinski definition) is 4. The summed E-state index contributed by atoms with van der Waals surface area (Å²) in [6.07, 6.45) is 2.89. The summed E-state index contributed by atoms with van der Waals surface area (Å²) < 4.78 is 19.2. The Morgan fingerprint density at radius 2 is 1.56 bits per heavy atom. The summed E-state index contributed by atoms with van der Waals surface area (Å²) in [5.74, 6) is -0.805. The van der Waals surface area contributed by atoms with E-state index in [1.165, 1.54) is 34.3 Å². The van der Waals surface area contributed by atoms with Crippen LogP contribution in [-0.2, 0) is 17.9 Å². The first-order valence-electron chi connectivity index (χ1n) is 13.1. The fourth-order valence-electron chi connectivity index (χ4n) is 4.64. The number of nitrogens with one attached hydrogen (secondary N) is 1. The predicted octanol–water partition coefficient (Wildman–Crippen LogP) is 6.33. The van der Waals surface area contributed by atoms with Crippen LogP contribution in [0.1, 0.15) is 11.1 Å². The molecule has 0 unspecified atom stereocenters. The van der Waals surface area contributed by atoms with Crippen molar-refractivity contribution in [3.05, 3.63) is 137 Å². The van der Waals surface area contributed by atoms with E-state index in [0.29, 0.717) is 22.2 Å². The summed E-state index contributed by atoms with van der Waals surface area (Å²) in [4.78, 5) is 43.1. The number of rotatable bonds is 9. The lowest BCUT2D eigenvalue weighted by molar-refractivity contribution is -0.133. The van der Waals surface area contributed by atoms with E-state index in [1.54, 1.807) is 42.5 Å². The van der Waals surface area contributed by atoms with Crippen molar-refractivity contribution in [2.24, 2.45) is 0 Å². The number of carbonyl (C=O) groups is 2. The number of carbonyl (C=O) groups excluding carboxylic acids is 2. The number of anilines is 1. The van der Waals surface area contributed by atoms with Crippen LogP contribution < -0.4 is 10.7 Å². The molecule has 0 aliphatic rings. The van der Waals surface area contributed by atoms with Crippen molar-refractivity contribution >= 4 is 39.4 Å². The first-order chi connectivity index (χ1) is 19.9. The lowest BCUT2D eigenvalue weighted by Crippen LogP contribution is -2.44. The van der Waals surface area contributed by atoms with Crippen LogP contribution in [-0.4, -0.2) is 34.8 Å². The van der Waals surface area contributed by atoms with Gasteiger partial charge in [-0.15, -0.1) is 6.58 Å². The van der Waals surface area contributed by atoms with Crippen molar-refractivity contribution in [3.8, 4) is 0 Å². The van der Waals surface area contributed by atoms with Gasteiger partial charge in [0, 0.05) is 18.5 Å². The van der Waals surface area contributed by atoms with E-state index in [0.717, 1.165) is 10.8 Å². The Hall–Kier alpha value is -5.24. The van der Waals surface area contributed by atoms with Crippen LogP contribution in [0.2, 0.25) is 0 Å². The zero-order chi connectivity index (χ0) is 28.8. The Morgan fingerprint density at radius 1 is 0.854 bits per heavy atom. The molecule has 0 fully saturated rings. The third-order valence-electron chi connectivity index (χ3n) is 6.75. The number of amides is 3. The second kappa shape index (κ2) is 12.3. The highest BCUT2D eigenvalue weighted by Crippen LogP contribution is 2.23. The van der Waals surface area contributed by atoms with Gasteiger partial charge in [-0.25, -0.2) is 9.18 Å². The van der Waals surface area contributed by atoms with Gasteiger partial charge in [-0.3, -0.25) is 9.59 Å². The zero-order valence-electron chi connectivity index (χ0n) is 22.3. The highest BCUT2D eigenvalue weighted by atomic mass is 19.1. The van der Waals surface area contributed by atoms with Gasteiger partial charge < -0.3 is 19.5 Å². The third-order valence-corrected chi connectivity index (χ3v) is 6.75. The molecule has 0 aliphatic carbocycles. The molecule has 1 heterocycles. The van der Waals surface area contributed by atoms with Crippen molar-refractivity contribution in [1.29, 1.82) is 0 Å². The summed E-state index contributed by atoms with van der Waals surface area (Å²) in [6.45, 7) is 3.62. The lowest BCUT2D eigenvalue weighted by atomic mass is 10.1. The first kappa shape index (κ1) is 27.3. The SMILES string of the molecule is C=CCN(CC(=O)N(Cc1ccc(F)cc1)Cc1coc2ccccc2c1=O)C(=O)Nc1cccc2ccccc12. The summed E-state index contributed by atoms with van der Waals surface area (Å²) in [6, 6.07) is 25.4. The monoisotopic (exact) mass is 549 g/mol. The van der Waals surface area contributed by atoms with Crippen LogP contribution in [0.15, 0.2) is 119 Å². The van der Waals surface area contributed by atoms with Gasteiger partial charge in [-0.2, -0.15) is 0 Å². The molecule has 0 saturated carbocycles. The number of hydrogen-bond donors (Lipinski definition) is 1. The minimum atomic E-state index is -0.471. The molecule has 41 heavy (non-hydrogen) atoms. The second-order valence-corrected chi connectivity index (χ2v) is 9.59. The number of halogens is 1. The Labute approximate surface area is 236 Å². The summed E-state index contributed by atoms with van der Waals surface area (Å²) in [7, 11) is 0. The first-order valence-corrected chi connectivity index (χ1v) is 13.1. The highest BCUT2D eigenvalue weighted by Gasteiger charge is 2.23. The summed E-state index contributed by atoms with van der Waals surface area (Å²) >= 11 is 0. The van der Waals surface area contributed by atoms with Crippen molar-refractivity contribution < 1.29 is 18.4 Å². The van der Waals surface area contributed by atoms with Gasteiger partial charge in [-0.1, -0.05) is 66.7 Å². The maximum atomic E-state index is 13.7. The number of fused-ring (bicyclic) bond motifs is 2. The van der Waals surface area contributed by atoms with Crippen LogP contribution in [0, 0.1) is 5.82 Å². The van der Waals surface area contributed by atoms with Gasteiger partial charge in [0.25, 0.3) is 0 Å². The standard InChI is InChI=1S/C33H28FN3O4/c1-2-18-36(33(40)35-29-12-7-9-24-8-3-4-10-27(24)29)21-31(38)37(19-23-14-16-26(34)17-15-23)20-25-22-41-30-13-6-5-11-28(30)32(25)39/h2-17,22H,1,18-21H2,(H,35,40). The molecule has 4 aromatic carbocycles. The summed E-state index contributed by atoms with van der Waals surface area (Å²) in [5.41, 5.74) is 1.77. The number of benzene rings is 4. The van der Waals surface area contributed by atoms with Crippen LogP contribution in [0.5, 0.6) is 0 Å². The molecular formula is C33H28FN3O4. The van der Waals surface area contributed by atoms with Gasteiger partial charge >= 0.3 is 6.03 Å². The Balaban J connectivity index is 1.40. The molecule has 0 spiro atoms. The average molecular weight is 550 g/mol. The highest BCUT2D eigenvalue weighted by molar-refractivity contribution is 6.02. The molecular weight excluding hydrogens is 521 g/mol. The van der Waals surface area contributed by atoms with E-state index >= 15 is 0 Å². The Kier molecular flexibility index (Phi) is 8.20. The lowest BCUT2D eigenvalue weighted by Gasteiger charge is -2.27. The molecule has 1 N–H and O–H groups in total. The normalized spacial score (nSPS) is 10.9. The van der Waals surface area contributed by atoms with Crippen molar-refractivity contribution in [3.63, 3.8) is 0 Å². The van der Waals surface area contributed by atoms with Crippen molar-refractivity contribution in [2.45, 2.75) is 13.1 Å². The molecule has 7 nitrogen and oxygen atoms in total. The molecule has 0 bridgehead atoms. The molecule has 8 heteroatoms. The maximum Gasteiger partial charge on any atom is 0.322 e. The van der Waals surface area contributed by atoms with Crippen LogP contribution in [0.3, 0.4) is 0 Å². The zero-order valence-corrected chi connectivity index (χ0v) is 22.3. The molecule has 5 rings (SSSR count). The molecule has 3 amide bonds. The van der Waals surface area contributed by atoms with E-state index in [4.69, 9.17) is 4.42 Å². The van der Waals surface area contributed by atoms with Gasteiger partial charge in [-0.05, 0) is 41.3 Å². The van der Waals surface area contributed by atoms with Crippen LogP contribution >= 0.6 is 0 Å². The van der Waals surface area contributed by atoms with Crippen molar-refractivity contribution in [2.75, 3.05) is 18.4 Å². The minimum absolute atomic E-state index is 0.0593. The molecule has 0 aliphatic heterocycles. The number of urea groups is 1. The van der Waals surface area contributed by atoms with Crippen molar-refractivity contribution in [1.82, 2.24) is 9.80 Å². The molecule has 206 valence electrons.